The number of hydrogen-bond acceptors (Lipinski definition) is 10. The molecule has 1 aromatic heterocycles. The minimum atomic E-state index is -4.45. The molecule has 314 valence electrons. The Labute approximate surface area is 331 Å². The standard InChI is InChI=1S/C43H72NO10P/c1-5-7-8-9-10-11-12-13-14-15-16-19-22-27-38(45)28-25-31-43(47)53-39(35-52-55(48,49)51-33-32-44)34-50-42(46)30-24-21-18-17-20-23-29-41-37(4)36(3)40(54-41)26-6-2/h10-11,13-14,16,19,22,27,38-39,45H,5-9,12,15,17-18,20-21,23-26,28-35,44H2,1-4H3,(H,48,49)/b11-10-,14-13-,19-16-,27-22+/t38-,39+/m0/s1. The molecule has 12 heteroatoms. The number of nitrogens with two attached hydrogens (primary N) is 1. The van der Waals surface area contributed by atoms with Crippen molar-refractivity contribution in [3.8, 4) is 0 Å². The van der Waals surface area contributed by atoms with Gasteiger partial charge in [-0.1, -0.05) is 101 Å². The molecule has 11 nitrogen and oxygen atoms in total. The van der Waals surface area contributed by atoms with Crippen LogP contribution >= 0.6 is 7.82 Å². The Hall–Kier alpha value is -2.79. The highest BCUT2D eigenvalue weighted by atomic mass is 31.2. The first-order valence-corrected chi connectivity index (χ1v) is 22.1. The Kier molecular flexibility index (Phi) is 29.5. The van der Waals surface area contributed by atoms with E-state index in [1.807, 2.05) is 12.2 Å². The number of unbranched alkanes of at least 4 members (excludes halogenated alkanes) is 8. The van der Waals surface area contributed by atoms with E-state index in [-0.39, 0.29) is 32.6 Å². The van der Waals surface area contributed by atoms with Crippen LogP contribution < -0.4 is 5.73 Å². The summed E-state index contributed by atoms with van der Waals surface area (Å²) in [6.45, 7) is 7.60. The molecule has 1 aromatic rings. The number of ether oxygens (including phenoxy) is 2. The molecule has 0 saturated heterocycles. The van der Waals surface area contributed by atoms with Crippen molar-refractivity contribution < 1.29 is 47.1 Å². The van der Waals surface area contributed by atoms with E-state index in [9.17, 15) is 24.2 Å². The van der Waals surface area contributed by atoms with E-state index >= 15 is 0 Å². The van der Waals surface area contributed by atoms with Crippen LogP contribution in [-0.2, 0) is 45.5 Å². The zero-order chi connectivity index (χ0) is 40.6. The number of aliphatic hydroxyl groups excluding tert-OH is 1. The second kappa shape index (κ2) is 32.3. The summed E-state index contributed by atoms with van der Waals surface area (Å²) in [6.07, 6.45) is 30.4. The Morgan fingerprint density at radius 1 is 0.764 bits per heavy atom. The van der Waals surface area contributed by atoms with Crippen molar-refractivity contribution in [3.63, 3.8) is 0 Å². The van der Waals surface area contributed by atoms with Gasteiger partial charge in [0.1, 0.15) is 18.1 Å². The van der Waals surface area contributed by atoms with E-state index in [1.165, 1.54) is 30.4 Å². The quantitative estimate of drug-likeness (QED) is 0.0200. The molecule has 0 aliphatic carbocycles. The monoisotopic (exact) mass is 793 g/mol. The lowest BCUT2D eigenvalue weighted by Crippen LogP contribution is -2.29. The number of carbonyl (C=O) groups is 2. The number of aliphatic hydroxyl groups is 1. The van der Waals surface area contributed by atoms with Gasteiger partial charge in [0, 0.05) is 32.2 Å². The van der Waals surface area contributed by atoms with Gasteiger partial charge in [0.25, 0.3) is 0 Å². The van der Waals surface area contributed by atoms with Gasteiger partial charge in [0.15, 0.2) is 6.10 Å². The van der Waals surface area contributed by atoms with Crippen molar-refractivity contribution in [1.29, 1.82) is 0 Å². The van der Waals surface area contributed by atoms with Gasteiger partial charge < -0.3 is 29.6 Å². The number of furan rings is 1. The zero-order valence-electron chi connectivity index (χ0n) is 34.2. The van der Waals surface area contributed by atoms with Crippen LogP contribution in [0.2, 0.25) is 0 Å². The Morgan fingerprint density at radius 2 is 1.42 bits per heavy atom. The molecule has 55 heavy (non-hydrogen) atoms. The maximum absolute atomic E-state index is 12.6. The van der Waals surface area contributed by atoms with Gasteiger partial charge in [-0.25, -0.2) is 4.57 Å². The van der Waals surface area contributed by atoms with Crippen molar-refractivity contribution in [2.24, 2.45) is 5.73 Å². The third-order valence-corrected chi connectivity index (χ3v) is 9.98. The van der Waals surface area contributed by atoms with Gasteiger partial charge in [-0.05, 0) is 82.8 Å². The zero-order valence-corrected chi connectivity index (χ0v) is 35.1. The Morgan fingerprint density at radius 3 is 2.13 bits per heavy atom. The van der Waals surface area contributed by atoms with E-state index in [0.717, 1.165) is 82.1 Å². The number of carbonyl (C=O) groups excluding carboxylic acids is 2. The Bertz CT molecular complexity index is 1330. The van der Waals surface area contributed by atoms with Crippen molar-refractivity contribution >= 4 is 19.8 Å². The molecule has 0 amide bonds. The number of aryl methyl sites for hydroxylation is 2. The van der Waals surface area contributed by atoms with E-state index in [4.69, 9.17) is 28.7 Å². The van der Waals surface area contributed by atoms with Crippen molar-refractivity contribution in [3.05, 3.63) is 71.3 Å². The second-order valence-electron chi connectivity index (χ2n) is 13.9. The summed E-state index contributed by atoms with van der Waals surface area (Å²) in [4.78, 5) is 34.9. The second-order valence-corrected chi connectivity index (χ2v) is 15.4. The first-order valence-electron chi connectivity index (χ1n) is 20.6. The summed E-state index contributed by atoms with van der Waals surface area (Å²) in [5.41, 5.74) is 7.88. The largest absolute Gasteiger partial charge is 0.472 e. The highest BCUT2D eigenvalue weighted by Gasteiger charge is 2.26. The molecule has 0 saturated carbocycles. The molecule has 0 radical (unpaired) electrons. The van der Waals surface area contributed by atoms with Crippen molar-refractivity contribution in [1.82, 2.24) is 0 Å². The van der Waals surface area contributed by atoms with Gasteiger partial charge in [-0.2, -0.15) is 0 Å². The first-order chi connectivity index (χ1) is 26.5. The molecular formula is C43H72NO10P. The fourth-order valence-electron chi connectivity index (χ4n) is 5.67. The Balaban J connectivity index is 2.38. The highest BCUT2D eigenvalue weighted by molar-refractivity contribution is 7.47. The number of phosphoric acid groups is 1. The van der Waals surface area contributed by atoms with Gasteiger partial charge >= 0.3 is 19.8 Å². The fraction of sp³-hybridized carbons (Fsp3) is 0.674. The predicted molar refractivity (Wildman–Crippen MR) is 220 cm³/mol. The van der Waals surface area contributed by atoms with Crippen LogP contribution in [0.5, 0.6) is 0 Å². The van der Waals surface area contributed by atoms with E-state index in [1.54, 1.807) is 12.2 Å². The topological polar surface area (TPSA) is 168 Å². The lowest BCUT2D eigenvalue weighted by Gasteiger charge is -2.20. The summed E-state index contributed by atoms with van der Waals surface area (Å²) in [5.74, 6) is 1.14. The predicted octanol–water partition coefficient (Wildman–Crippen LogP) is 9.79. The summed E-state index contributed by atoms with van der Waals surface area (Å²) < 4.78 is 38.7. The van der Waals surface area contributed by atoms with E-state index in [0.29, 0.717) is 19.3 Å². The van der Waals surface area contributed by atoms with Crippen molar-refractivity contribution in [2.45, 2.75) is 162 Å². The highest BCUT2D eigenvalue weighted by Crippen LogP contribution is 2.43. The van der Waals surface area contributed by atoms with Gasteiger partial charge in [0.05, 0.1) is 19.3 Å². The molecule has 0 spiro atoms. The van der Waals surface area contributed by atoms with Crippen LogP contribution in [0.15, 0.2) is 53.0 Å². The summed E-state index contributed by atoms with van der Waals surface area (Å²) in [6, 6.07) is 0. The molecule has 0 aliphatic rings. The molecule has 1 unspecified atom stereocenters. The molecule has 1 heterocycles. The minimum Gasteiger partial charge on any atom is -0.466 e. The van der Waals surface area contributed by atoms with Gasteiger partial charge in [-0.15, -0.1) is 0 Å². The van der Waals surface area contributed by atoms with Gasteiger partial charge in [-0.3, -0.25) is 18.6 Å². The first kappa shape index (κ1) is 50.2. The number of rotatable bonds is 34. The molecule has 0 aliphatic heterocycles. The lowest BCUT2D eigenvalue weighted by molar-refractivity contribution is -0.161. The van der Waals surface area contributed by atoms with Crippen LogP contribution in [0.4, 0.5) is 0 Å². The van der Waals surface area contributed by atoms with Crippen LogP contribution in [-0.4, -0.2) is 60.5 Å². The molecule has 1 rings (SSSR count). The maximum Gasteiger partial charge on any atom is 0.472 e. The van der Waals surface area contributed by atoms with Crippen LogP contribution in [0.3, 0.4) is 0 Å². The van der Waals surface area contributed by atoms with Gasteiger partial charge in [0.2, 0.25) is 0 Å². The molecular weight excluding hydrogens is 721 g/mol. The van der Waals surface area contributed by atoms with Crippen molar-refractivity contribution in [2.75, 3.05) is 26.4 Å². The number of phosphoric ester groups is 1. The lowest BCUT2D eigenvalue weighted by atomic mass is 10.0. The number of hydrogen-bond donors (Lipinski definition) is 3. The summed E-state index contributed by atoms with van der Waals surface area (Å²) >= 11 is 0. The fourth-order valence-corrected chi connectivity index (χ4v) is 6.43. The normalized spacial score (nSPS) is 14.4. The number of allylic oxidation sites excluding steroid dienone is 7. The molecule has 4 N–H and O–H groups in total. The third kappa shape index (κ3) is 26.7. The average molecular weight is 794 g/mol. The maximum atomic E-state index is 12.6. The van der Waals surface area contributed by atoms with E-state index in [2.05, 4.69) is 52.0 Å². The summed E-state index contributed by atoms with van der Waals surface area (Å²) in [5, 5.41) is 10.3. The van der Waals surface area contributed by atoms with Crippen LogP contribution in [0.25, 0.3) is 0 Å². The van der Waals surface area contributed by atoms with Crippen LogP contribution in [0.1, 0.15) is 146 Å². The third-order valence-electron chi connectivity index (χ3n) is 8.99. The molecule has 3 atom stereocenters. The molecule has 0 bridgehead atoms. The average Bonchev–Trinajstić information content (AvgIpc) is 3.42. The molecule has 0 aromatic carbocycles. The minimum absolute atomic E-state index is 0.00978. The smallest absolute Gasteiger partial charge is 0.466 e. The number of esters is 2. The molecule has 0 fully saturated rings. The van der Waals surface area contributed by atoms with E-state index < -0.39 is 38.6 Å². The SMILES string of the molecule is CCCCC/C=C\C/C=C\C/C=C\C=C\[C@H](O)CCCC(=O)O[C@H](COC(=O)CCCCCCCCc1oc(CCC)c(C)c1C)COP(=O)(O)OCCN. The summed E-state index contributed by atoms with van der Waals surface area (Å²) in [7, 11) is -4.45. The van der Waals surface area contributed by atoms with Crippen LogP contribution in [0, 0.1) is 13.8 Å².